The number of aliphatic carboxylic acids is 1. The van der Waals surface area contributed by atoms with Crippen LogP contribution in [0.4, 0.5) is 0 Å². The molecule has 98 valence electrons. The number of rotatable bonds is 5. The minimum atomic E-state index is -0.853. The third-order valence-electron chi connectivity index (χ3n) is 3.64. The van der Waals surface area contributed by atoms with Crippen LogP contribution in [0.5, 0.6) is 0 Å². The van der Waals surface area contributed by atoms with Crippen molar-refractivity contribution in [3.8, 4) is 0 Å². The first-order valence-corrected chi connectivity index (χ1v) is 6.25. The third kappa shape index (κ3) is 2.61. The topological polar surface area (TPSA) is 57.6 Å². The predicted octanol–water partition coefficient (Wildman–Crippen LogP) is 1.85. The van der Waals surface area contributed by atoms with Crippen molar-refractivity contribution in [1.82, 2.24) is 4.90 Å². The summed E-state index contributed by atoms with van der Waals surface area (Å²) in [5.74, 6) is -1.31. The van der Waals surface area contributed by atoms with Gasteiger partial charge >= 0.3 is 5.97 Å². The Morgan fingerprint density at radius 1 is 1.29 bits per heavy atom. The lowest BCUT2D eigenvalue weighted by atomic mass is 10.1. The summed E-state index contributed by atoms with van der Waals surface area (Å²) >= 11 is 0. The van der Waals surface area contributed by atoms with E-state index in [9.17, 15) is 9.59 Å². The molecule has 0 spiro atoms. The lowest BCUT2D eigenvalue weighted by Gasteiger charge is -2.23. The van der Waals surface area contributed by atoms with E-state index in [1.54, 1.807) is 4.90 Å². The normalized spacial score (nSPS) is 25.8. The molecule has 0 aromatic carbocycles. The fraction of sp³-hybridized carbons (Fsp3) is 0.846. The summed E-state index contributed by atoms with van der Waals surface area (Å²) in [5.41, 5.74) is -0.396. The summed E-state index contributed by atoms with van der Waals surface area (Å²) < 4.78 is 0. The van der Waals surface area contributed by atoms with E-state index in [1.807, 2.05) is 20.8 Å². The molecule has 0 saturated heterocycles. The van der Waals surface area contributed by atoms with Gasteiger partial charge in [0.25, 0.3) is 0 Å². The quantitative estimate of drug-likeness (QED) is 0.799. The van der Waals surface area contributed by atoms with Gasteiger partial charge in [0.2, 0.25) is 5.91 Å². The van der Waals surface area contributed by atoms with Crippen LogP contribution in [-0.4, -0.2) is 35.0 Å². The summed E-state index contributed by atoms with van der Waals surface area (Å²) in [7, 11) is 0. The first-order valence-electron chi connectivity index (χ1n) is 6.25. The van der Waals surface area contributed by atoms with Crippen LogP contribution in [0.1, 0.15) is 34.6 Å². The average Bonchev–Trinajstić information content (AvgIpc) is 2.76. The van der Waals surface area contributed by atoms with Gasteiger partial charge in [0.05, 0.1) is 11.8 Å². The SMILES string of the molecule is CCN(CC(C)C)C(=O)[C@H]1[C@@H](C(=O)O)C1(C)C. The van der Waals surface area contributed by atoms with Crippen LogP contribution in [0.3, 0.4) is 0 Å². The number of carbonyl (C=O) groups is 2. The number of hydrogen-bond acceptors (Lipinski definition) is 2. The summed E-state index contributed by atoms with van der Waals surface area (Å²) in [6.07, 6.45) is 0. The first-order chi connectivity index (χ1) is 7.73. The van der Waals surface area contributed by atoms with Crippen molar-refractivity contribution in [1.29, 1.82) is 0 Å². The highest BCUT2D eigenvalue weighted by atomic mass is 16.4. The predicted molar refractivity (Wildman–Crippen MR) is 65.5 cm³/mol. The van der Waals surface area contributed by atoms with Crippen LogP contribution in [0, 0.1) is 23.2 Å². The minimum Gasteiger partial charge on any atom is -0.481 e. The molecule has 17 heavy (non-hydrogen) atoms. The van der Waals surface area contributed by atoms with Crippen LogP contribution in [0.25, 0.3) is 0 Å². The Balaban J connectivity index is 2.74. The molecule has 0 heterocycles. The second-order valence-corrected chi connectivity index (χ2v) is 5.89. The van der Waals surface area contributed by atoms with Gasteiger partial charge in [-0.25, -0.2) is 0 Å². The van der Waals surface area contributed by atoms with Crippen LogP contribution >= 0.6 is 0 Å². The van der Waals surface area contributed by atoms with Gasteiger partial charge in [-0.05, 0) is 18.3 Å². The van der Waals surface area contributed by atoms with E-state index in [4.69, 9.17) is 5.11 Å². The second-order valence-electron chi connectivity index (χ2n) is 5.89. The molecule has 4 nitrogen and oxygen atoms in total. The molecule has 1 rings (SSSR count). The zero-order valence-corrected chi connectivity index (χ0v) is 11.4. The Bertz CT molecular complexity index is 323. The molecule has 1 aliphatic rings. The van der Waals surface area contributed by atoms with Gasteiger partial charge in [-0.3, -0.25) is 9.59 Å². The van der Waals surface area contributed by atoms with Crippen molar-refractivity contribution >= 4 is 11.9 Å². The lowest BCUT2D eigenvalue weighted by Crippen LogP contribution is -2.36. The maximum Gasteiger partial charge on any atom is 0.307 e. The number of nitrogens with zero attached hydrogens (tertiary/aromatic N) is 1. The fourth-order valence-electron chi connectivity index (χ4n) is 2.57. The molecule has 1 fully saturated rings. The van der Waals surface area contributed by atoms with Crippen molar-refractivity contribution in [2.24, 2.45) is 23.2 Å². The summed E-state index contributed by atoms with van der Waals surface area (Å²) in [5, 5.41) is 9.07. The smallest absolute Gasteiger partial charge is 0.307 e. The third-order valence-corrected chi connectivity index (χ3v) is 3.64. The standard InChI is InChI=1S/C13H23NO3/c1-6-14(7-8(2)3)11(15)9-10(12(16)17)13(9,4)5/h8-10H,6-7H2,1-5H3,(H,16,17)/t9-,10+/m1/s1. The molecule has 1 saturated carbocycles. The van der Waals surface area contributed by atoms with E-state index in [2.05, 4.69) is 13.8 Å². The number of carbonyl (C=O) groups excluding carboxylic acids is 1. The van der Waals surface area contributed by atoms with Gasteiger partial charge in [-0.1, -0.05) is 27.7 Å². The first kappa shape index (κ1) is 14.0. The maximum absolute atomic E-state index is 12.3. The second kappa shape index (κ2) is 4.67. The Labute approximate surface area is 103 Å². The Kier molecular flexibility index (Phi) is 3.84. The zero-order valence-electron chi connectivity index (χ0n) is 11.4. The van der Waals surface area contributed by atoms with Crippen LogP contribution in [0.2, 0.25) is 0 Å². The minimum absolute atomic E-state index is 0.00130. The van der Waals surface area contributed by atoms with E-state index in [-0.39, 0.29) is 11.8 Å². The highest BCUT2D eigenvalue weighted by molar-refractivity contribution is 5.91. The molecule has 1 aliphatic carbocycles. The Morgan fingerprint density at radius 3 is 2.12 bits per heavy atom. The fourth-order valence-corrected chi connectivity index (χ4v) is 2.57. The molecule has 1 N–H and O–H groups in total. The molecule has 4 heteroatoms. The van der Waals surface area contributed by atoms with Gasteiger partial charge in [0.1, 0.15) is 0 Å². The van der Waals surface area contributed by atoms with Crippen molar-refractivity contribution in [2.45, 2.75) is 34.6 Å². The summed E-state index contributed by atoms with van der Waals surface area (Å²) in [6.45, 7) is 11.1. The van der Waals surface area contributed by atoms with Gasteiger partial charge in [-0.15, -0.1) is 0 Å². The lowest BCUT2D eigenvalue weighted by molar-refractivity contribution is -0.142. The number of amides is 1. The van der Waals surface area contributed by atoms with Crippen molar-refractivity contribution in [3.05, 3.63) is 0 Å². The van der Waals surface area contributed by atoms with E-state index >= 15 is 0 Å². The van der Waals surface area contributed by atoms with Gasteiger partial charge < -0.3 is 10.0 Å². The number of carboxylic acid groups (broad SMARTS) is 1. The van der Waals surface area contributed by atoms with E-state index in [0.29, 0.717) is 19.0 Å². The maximum atomic E-state index is 12.3. The van der Waals surface area contributed by atoms with Crippen molar-refractivity contribution in [2.75, 3.05) is 13.1 Å². The average molecular weight is 241 g/mol. The molecule has 0 aromatic rings. The van der Waals surface area contributed by atoms with Crippen molar-refractivity contribution < 1.29 is 14.7 Å². The highest BCUT2D eigenvalue weighted by Gasteiger charge is 2.66. The molecule has 0 bridgehead atoms. The van der Waals surface area contributed by atoms with Gasteiger partial charge in [0.15, 0.2) is 0 Å². The van der Waals surface area contributed by atoms with Crippen molar-refractivity contribution in [3.63, 3.8) is 0 Å². The Hall–Kier alpha value is -1.06. The molecule has 0 radical (unpaired) electrons. The molecule has 2 atom stereocenters. The number of carboxylic acids is 1. The van der Waals surface area contributed by atoms with Gasteiger partial charge in [0, 0.05) is 13.1 Å². The molecular formula is C13H23NO3. The largest absolute Gasteiger partial charge is 0.481 e. The molecule has 0 aromatic heterocycles. The van der Waals surface area contributed by atoms with E-state index in [1.165, 1.54) is 0 Å². The summed E-state index contributed by atoms with van der Waals surface area (Å²) in [6, 6.07) is 0. The van der Waals surface area contributed by atoms with Crippen LogP contribution in [0.15, 0.2) is 0 Å². The van der Waals surface area contributed by atoms with E-state index < -0.39 is 17.3 Å². The van der Waals surface area contributed by atoms with Crippen LogP contribution in [-0.2, 0) is 9.59 Å². The highest BCUT2D eigenvalue weighted by Crippen LogP contribution is 2.59. The van der Waals surface area contributed by atoms with Crippen LogP contribution < -0.4 is 0 Å². The molecular weight excluding hydrogens is 218 g/mol. The van der Waals surface area contributed by atoms with Gasteiger partial charge in [-0.2, -0.15) is 0 Å². The summed E-state index contributed by atoms with van der Waals surface area (Å²) in [4.78, 5) is 25.1. The number of hydrogen-bond donors (Lipinski definition) is 1. The Morgan fingerprint density at radius 2 is 1.82 bits per heavy atom. The molecule has 0 unspecified atom stereocenters. The molecule has 0 aliphatic heterocycles. The monoisotopic (exact) mass is 241 g/mol. The van der Waals surface area contributed by atoms with E-state index in [0.717, 1.165) is 0 Å². The molecule has 1 amide bonds. The zero-order chi connectivity index (χ0) is 13.4.